The maximum atomic E-state index is 12.8. The number of hydrogen-bond donors (Lipinski definition) is 2. The number of halogens is 1. The molecule has 0 aliphatic rings. The van der Waals surface area contributed by atoms with E-state index < -0.39 is 0 Å². The van der Waals surface area contributed by atoms with E-state index in [9.17, 15) is 9.18 Å². The highest BCUT2D eigenvalue weighted by molar-refractivity contribution is 7.80. The van der Waals surface area contributed by atoms with E-state index in [-0.39, 0.29) is 16.8 Å². The number of anilines is 1. The second kappa shape index (κ2) is 8.05. The van der Waals surface area contributed by atoms with Crippen molar-refractivity contribution in [1.29, 1.82) is 0 Å². The molecule has 1 amide bonds. The van der Waals surface area contributed by atoms with Crippen LogP contribution < -0.4 is 15.4 Å². The summed E-state index contributed by atoms with van der Waals surface area (Å²) in [5.74, 6) is -0.0229. The number of amides is 1. The van der Waals surface area contributed by atoms with E-state index in [2.05, 4.69) is 10.6 Å². The summed E-state index contributed by atoms with van der Waals surface area (Å²) in [7, 11) is 1.57. The van der Waals surface area contributed by atoms with Crippen LogP contribution in [0, 0.1) is 5.82 Å². The lowest BCUT2D eigenvalue weighted by Crippen LogP contribution is -2.32. The van der Waals surface area contributed by atoms with Crippen molar-refractivity contribution in [3.05, 3.63) is 66.0 Å². The zero-order valence-corrected chi connectivity index (χ0v) is 13.2. The van der Waals surface area contributed by atoms with Crippen LogP contribution in [0.3, 0.4) is 0 Å². The molecule has 2 aromatic carbocycles. The molecule has 2 rings (SSSR count). The summed E-state index contributed by atoms with van der Waals surface area (Å²) in [4.78, 5) is 11.8. The predicted molar refractivity (Wildman–Crippen MR) is 92.8 cm³/mol. The Morgan fingerprint density at radius 1 is 1.22 bits per heavy atom. The number of carbonyl (C=O) groups excluding carboxylic acids is 1. The van der Waals surface area contributed by atoms with Gasteiger partial charge < -0.3 is 10.1 Å². The van der Waals surface area contributed by atoms with Crippen molar-refractivity contribution < 1.29 is 13.9 Å². The molecule has 0 radical (unpaired) electrons. The first-order chi connectivity index (χ1) is 11.1. The van der Waals surface area contributed by atoms with Gasteiger partial charge in [0.05, 0.1) is 7.11 Å². The van der Waals surface area contributed by atoms with Crippen molar-refractivity contribution >= 4 is 35.0 Å². The molecule has 0 bridgehead atoms. The van der Waals surface area contributed by atoms with Crippen LogP contribution in [0.15, 0.2) is 54.6 Å². The molecular weight excluding hydrogens is 315 g/mol. The van der Waals surface area contributed by atoms with Crippen LogP contribution in [0.5, 0.6) is 5.75 Å². The van der Waals surface area contributed by atoms with Crippen LogP contribution in [0.25, 0.3) is 6.08 Å². The van der Waals surface area contributed by atoms with Gasteiger partial charge in [0.2, 0.25) is 5.91 Å². The minimum absolute atomic E-state index is 0.173. The van der Waals surface area contributed by atoms with Crippen molar-refractivity contribution in [2.45, 2.75) is 0 Å². The maximum absolute atomic E-state index is 12.8. The fraction of sp³-hybridized carbons (Fsp3) is 0.0588. The van der Waals surface area contributed by atoms with E-state index in [1.54, 1.807) is 49.6 Å². The lowest BCUT2D eigenvalue weighted by Gasteiger charge is -2.09. The van der Waals surface area contributed by atoms with Crippen LogP contribution in [0.1, 0.15) is 5.56 Å². The third-order valence-corrected chi connectivity index (χ3v) is 3.07. The SMILES string of the molecule is COc1cccc(NC(=S)NC(=O)C=Cc2ccc(F)cc2)c1. The molecule has 0 aliphatic carbocycles. The minimum atomic E-state index is -0.380. The van der Waals surface area contributed by atoms with E-state index in [0.29, 0.717) is 17.0 Å². The maximum Gasteiger partial charge on any atom is 0.250 e. The van der Waals surface area contributed by atoms with Gasteiger partial charge in [-0.05, 0) is 48.1 Å². The topological polar surface area (TPSA) is 50.4 Å². The summed E-state index contributed by atoms with van der Waals surface area (Å²) in [6.07, 6.45) is 2.90. The van der Waals surface area contributed by atoms with Gasteiger partial charge in [0.1, 0.15) is 11.6 Å². The predicted octanol–water partition coefficient (Wildman–Crippen LogP) is 3.36. The van der Waals surface area contributed by atoms with Crippen LogP contribution >= 0.6 is 12.2 Å². The van der Waals surface area contributed by atoms with E-state index in [1.165, 1.54) is 18.2 Å². The number of rotatable bonds is 4. The Morgan fingerprint density at radius 2 is 1.96 bits per heavy atom. The number of methoxy groups -OCH3 is 1. The molecule has 2 aromatic rings. The fourth-order valence-corrected chi connectivity index (χ4v) is 1.98. The average molecular weight is 330 g/mol. The lowest BCUT2D eigenvalue weighted by molar-refractivity contribution is -0.115. The molecule has 23 heavy (non-hydrogen) atoms. The standard InChI is InChI=1S/C17H15FN2O2S/c1-22-15-4-2-3-14(11-15)19-17(23)20-16(21)10-7-12-5-8-13(18)9-6-12/h2-11H,1H3,(H2,19,20,21,23). The average Bonchev–Trinajstić information content (AvgIpc) is 2.54. The number of nitrogens with one attached hydrogen (secondary N) is 2. The smallest absolute Gasteiger partial charge is 0.250 e. The highest BCUT2D eigenvalue weighted by Gasteiger charge is 2.02. The van der Waals surface area contributed by atoms with Gasteiger partial charge in [0.25, 0.3) is 0 Å². The Morgan fingerprint density at radius 3 is 2.65 bits per heavy atom. The van der Waals surface area contributed by atoms with Gasteiger partial charge in [-0.1, -0.05) is 18.2 Å². The summed E-state index contributed by atoms with van der Waals surface area (Å²) in [5.41, 5.74) is 1.42. The molecule has 118 valence electrons. The van der Waals surface area contributed by atoms with E-state index in [1.807, 2.05) is 0 Å². The van der Waals surface area contributed by atoms with E-state index >= 15 is 0 Å². The van der Waals surface area contributed by atoms with E-state index in [0.717, 1.165) is 0 Å². The number of benzene rings is 2. The molecule has 2 N–H and O–H groups in total. The fourth-order valence-electron chi connectivity index (χ4n) is 1.76. The second-order valence-electron chi connectivity index (χ2n) is 4.56. The number of carbonyl (C=O) groups is 1. The monoisotopic (exact) mass is 330 g/mol. The highest BCUT2D eigenvalue weighted by Crippen LogP contribution is 2.16. The number of thiocarbonyl (C=S) groups is 1. The zero-order chi connectivity index (χ0) is 16.7. The molecule has 0 saturated heterocycles. The molecule has 0 atom stereocenters. The van der Waals surface area contributed by atoms with Crippen molar-refractivity contribution in [3.8, 4) is 5.75 Å². The molecule has 0 aromatic heterocycles. The Bertz CT molecular complexity index is 730. The van der Waals surface area contributed by atoms with Crippen molar-refractivity contribution in [3.63, 3.8) is 0 Å². The van der Waals surface area contributed by atoms with Gasteiger partial charge >= 0.3 is 0 Å². The molecule has 4 nitrogen and oxygen atoms in total. The minimum Gasteiger partial charge on any atom is -0.497 e. The van der Waals surface area contributed by atoms with Crippen molar-refractivity contribution in [2.75, 3.05) is 12.4 Å². The highest BCUT2D eigenvalue weighted by atomic mass is 32.1. The first kappa shape index (κ1) is 16.6. The van der Waals surface area contributed by atoms with Crippen LogP contribution in [0.4, 0.5) is 10.1 Å². The normalized spacial score (nSPS) is 10.3. The molecule has 6 heteroatoms. The van der Waals surface area contributed by atoms with Gasteiger partial charge in [-0.3, -0.25) is 10.1 Å². The Hall–Kier alpha value is -2.73. The van der Waals surface area contributed by atoms with Crippen LogP contribution in [0.2, 0.25) is 0 Å². The first-order valence-corrected chi connectivity index (χ1v) is 7.17. The molecule has 0 spiro atoms. The lowest BCUT2D eigenvalue weighted by atomic mass is 10.2. The molecule has 0 unspecified atom stereocenters. The summed E-state index contributed by atoms with van der Waals surface area (Å²) in [6, 6.07) is 13.0. The third-order valence-electron chi connectivity index (χ3n) is 2.86. The number of hydrogen-bond acceptors (Lipinski definition) is 3. The zero-order valence-electron chi connectivity index (χ0n) is 12.4. The van der Waals surface area contributed by atoms with Gasteiger partial charge in [-0.2, -0.15) is 0 Å². The largest absolute Gasteiger partial charge is 0.497 e. The number of ether oxygens (including phenoxy) is 1. The van der Waals surface area contributed by atoms with Gasteiger partial charge in [0.15, 0.2) is 5.11 Å². The summed E-state index contributed by atoms with van der Waals surface area (Å²) in [5, 5.41) is 5.59. The molecule has 0 aliphatic heterocycles. The second-order valence-corrected chi connectivity index (χ2v) is 4.97. The first-order valence-electron chi connectivity index (χ1n) is 6.76. The van der Waals surface area contributed by atoms with Gasteiger partial charge in [-0.25, -0.2) is 4.39 Å². The summed E-state index contributed by atoms with van der Waals surface area (Å²) >= 11 is 5.07. The van der Waals surface area contributed by atoms with Crippen LogP contribution in [-0.4, -0.2) is 18.1 Å². The molecule has 0 fully saturated rings. The van der Waals surface area contributed by atoms with Crippen molar-refractivity contribution in [2.24, 2.45) is 0 Å². The Kier molecular flexibility index (Phi) is 5.82. The Labute approximate surface area is 139 Å². The van der Waals surface area contributed by atoms with Gasteiger partial charge in [0, 0.05) is 17.8 Å². The summed E-state index contributed by atoms with van der Waals surface area (Å²) in [6.45, 7) is 0. The summed E-state index contributed by atoms with van der Waals surface area (Å²) < 4.78 is 17.9. The molecule has 0 heterocycles. The van der Waals surface area contributed by atoms with Gasteiger partial charge in [-0.15, -0.1) is 0 Å². The quantitative estimate of drug-likeness (QED) is 0.667. The van der Waals surface area contributed by atoms with Crippen molar-refractivity contribution in [1.82, 2.24) is 5.32 Å². The van der Waals surface area contributed by atoms with E-state index in [4.69, 9.17) is 17.0 Å². The molecule has 0 saturated carbocycles. The molecular formula is C17H15FN2O2S. The van der Waals surface area contributed by atoms with Crippen LogP contribution in [-0.2, 0) is 4.79 Å². The Balaban J connectivity index is 1.89. The third kappa shape index (κ3) is 5.52.